The van der Waals surface area contributed by atoms with Crippen LogP contribution in [0.3, 0.4) is 0 Å². The molecule has 124 valence electrons. The predicted molar refractivity (Wildman–Crippen MR) is 83.8 cm³/mol. The Morgan fingerprint density at radius 3 is 2.91 bits per heavy atom. The Balaban J connectivity index is 1.50. The first-order valence-corrected chi connectivity index (χ1v) is 8.56. The highest BCUT2D eigenvalue weighted by molar-refractivity contribution is 5.04. The minimum absolute atomic E-state index is 0.221. The minimum atomic E-state index is 0.221. The standard InChI is InChI=1S/C16H28N4O2/c1-13(16-17-15(18-22-16)14-5-6-14)20-9-3-7-19(10-11-20)8-4-12-21-2/h13-14H,3-12H2,1-2H3/t13-/m1/s1. The van der Waals surface area contributed by atoms with Gasteiger partial charge in [0.1, 0.15) is 0 Å². The van der Waals surface area contributed by atoms with Crippen LogP contribution in [0.25, 0.3) is 0 Å². The number of nitrogens with zero attached hydrogens (tertiary/aromatic N) is 4. The van der Waals surface area contributed by atoms with Gasteiger partial charge in [0.25, 0.3) is 0 Å². The van der Waals surface area contributed by atoms with E-state index in [1.807, 2.05) is 0 Å². The molecule has 6 heteroatoms. The van der Waals surface area contributed by atoms with Gasteiger partial charge in [0.15, 0.2) is 5.82 Å². The number of ether oxygens (including phenoxy) is 1. The molecule has 0 bridgehead atoms. The fourth-order valence-corrected chi connectivity index (χ4v) is 3.11. The molecule has 2 fully saturated rings. The smallest absolute Gasteiger partial charge is 0.243 e. The minimum Gasteiger partial charge on any atom is -0.385 e. The van der Waals surface area contributed by atoms with Gasteiger partial charge in [-0.1, -0.05) is 5.16 Å². The van der Waals surface area contributed by atoms with Crippen molar-refractivity contribution >= 4 is 0 Å². The molecule has 1 aliphatic heterocycles. The largest absolute Gasteiger partial charge is 0.385 e. The van der Waals surface area contributed by atoms with Crippen LogP contribution in [0.5, 0.6) is 0 Å². The zero-order valence-electron chi connectivity index (χ0n) is 13.8. The number of hydrogen-bond donors (Lipinski definition) is 0. The van der Waals surface area contributed by atoms with Gasteiger partial charge in [-0.3, -0.25) is 4.90 Å². The first kappa shape index (κ1) is 15.9. The molecule has 2 aliphatic rings. The Bertz CT molecular complexity index is 461. The van der Waals surface area contributed by atoms with Crippen molar-refractivity contribution in [3.05, 3.63) is 11.7 Å². The lowest BCUT2D eigenvalue weighted by atomic mass is 10.2. The predicted octanol–water partition coefficient (Wildman–Crippen LogP) is 2.05. The van der Waals surface area contributed by atoms with Crippen LogP contribution < -0.4 is 0 Å². The molecule has 0 radical (unpaired) electrons. The van der Waals surface area contributed by atoms with Crippen LogP contribution >= 0.6 is 0 Å². The van der Waals surface area contributed by atoms with Crippen molar-refractivity contribution in [2.24, 2.45) is 0 Å². The molecule has 0 N–H and O–H groups in total. The molecule has 1 saturated carbocycles. The Hall–Kier alpha value is -0.980. The summed E-state index contributed by atoms with van der Waals surface area (Å²) in [5, 5.41) is 4.15. The fraction of sp³-hybridized carbons (Fsp3) is 0.875. The summed E-state index contributed by atoms with van der Waals surface area (Å²) in [5.41, 5.74) is 0. The molecule has 1 saturated heterocycles. The van der Waals surface area contributed by atoms with Gasteiger partial charge >= 0.3 is 0 Å². The third-order valence-electron chi connectivity index (χ3n) is 4.75. The van der Waals surface area contributed by atoms with Crippen LogP contribution in [0.4, 0.5) is 0 Å². The maximum Gasteiger partial charge on any atom is 0.243 e. The highest BCUT2D eigenvalue weighted by atomic mass is 16.5. The van der Waals surface area contributed by atoms with E-state index in [2.05, 4.69) is 26.9 Å². The van der Waals surface area contributed by atoms with E-state index < -0.39 is 0 Å². The van der Waals surface area contributed by atoms with E-state index in [1.54, 1.807) is 7.11 Å². The van der Waals surface area contributed by atoms with Crippen molar-refractivity contribution in [2.45, 2.75) is 44.6 Å². The molecule has 1 aromatic heterocycles. The van der Waals surface area contributed by atoms with Gasteiger partial charge in [-0.15, -0.1) is 0 Å². The monoisotopic (exact) mass is 308 g/mol. The van der Waals surface area contributed by atoms with E-state index in [0.29, 0.717) is 5.92 Å². The van der Waals surface area contributed by atoms with E-state index in [1.165, 1.54) is 25.8 Å². The van der Waals surface area contributed by atoms with Gasteiger partial charge in [0.05, 0.1) is 6.04 Å². The third-order valence-corrected chi connectivity index (χ3v) is 4.75. The normalized spacial score (nSPS) is 22.6. The molecule has 0 aromatic carbocycles. The van der Waals surface area contributed by atoms with Crippen LogP contribution in [0.15, 0.2) is 4.52 Å². The summed E-state index contributed by atoms with van der Waals surface area (Å²) in [4.78, 5) is 9.62. The molecular weight excluding hydrogens is 280 g/mol. The van der Waals surface area contributed by atoms with E-state index in [9.17, 15) is 0 Å². The van der Waals surface area contributed by atoms with E-state index >= 15 is 0 Å². The average molecular weight is 308 g/mol. The van der Waals surface area contributed by atoms with Gasteiger partial charge in [0, 0.05) is 45.8 Å². The molecule has 22 heavy (non-hydrogen) atoms. The first-order chi connectivity index (χ1) is 10.8. The lowest BCUT2D eigenvalue weighted by Gasteiger charge is -2.25. The number of hydrogen-bond acceptors (Lipinski definition) is 6. The molecule has 3 rings (SSSR count). The summed E-state index contributed by atoms with van der Waals surface area (Å²) in [6.45, 7) is 8.61. The second-order valence-corrected chi connectivity index (χ2v) is 6.52. The Kier molecular flexibility index (Phi) is 5.44. The Morgan fingerprint density at radius 1 is 1.27 bits per heavy atom. The molecule has 0 spiro atoms. The van der Waals surface area contributed by atoms with Crippen LogP contribution in [0.1, 0.15) is 56.3 Å². The quantitative estimate of drug-likeness (QED) is 0.719. The van der Waals surface area contributed by atoms with E-state index in [-0.39, 0.29) is 6.04 Å². The summed E-state index contributed by atoms with van der Waals surface area (Å²) in [5.74, 6) is 2.26. The Morgan fingerprint density at radius 2 is 2.14 bits per heavy atom. The van der Waals surface area contributed by atoms with Gasteiger partial charge in [0.2, 0.25) is 5.89 Å². The van der Waals surface area contributed by atoms with Crippen molar-refractivity contribution in [3.63, 3.8) is 0 Å². The molecule has 0 amide bonds. The fourth-order valence-electron chi connectivity index (χ4n) is 3.11. The molecule has 1 aliphatic carbocycles. The number of aromatic nitrogens is 2. The van der Waals surface area contributed by atoms with E-state index in [4.69, 9.17) is 9.26 Å². The lowest BCUT2D eigenvalue weighted by molar-refractivity contribution is 0.162. The zero-order valence-corrected chi connectivity index (χ0v) is 13.8. The first-order valence-electron chi connectivity index (χ1n) is 8.56. The van der Waals surface area contributed by atoms with Crippen molar-refractivity contribution in [3.8, 4) is 0 Å². The summed E-state index contributed by atoms with van der Waals surface area (Å²) >= 11 is 0. The molecule has 2 heterocycles. The maximum atomic E-state index is 5.50. The van der Waals surface area contributed by atoms with Crippen LogP contribution in [0.2, 0.25) is 0 Å². The Labute approximate surface area is 132 Å². The average Bonchev–Trinajstić information content (AvgIpc) is 3.30. The molecule has 0 unspecified atom stereocenters. The van der Waals surface area contributed by atoms with Crippen LogP contribution in [-0.2, 0) is 4.74 Å². The number of rotatable bonds is 7. The van der Waals surface area contributed by atoms with Crippen LogP contribution in [-0.4, -0.2) is 66.4 Å². The summed E-state index contributed by atoms with van der Waals surface area (Å²) in [6.07, 6.45) is 4.74. The van der Waals surface area contributed by atoms with Crippen molar-refractivity contribution in [1.82, 2.24) is 19.9 Å². The molecule has 6 nitrogen and oxygen atoms in total. The van der Waals surface area contributed by atoms with Crippen molar-refractivity contribution in [1.29, 1.82) is 0 Å². The molecule has 1 aromatic rings. The lowest BCUT2D eigenvalue weighted by Crippen LogP contribution is -2.33. The molecule has 1 atom stereocenters. The summed E-state index contributed by atoms with van der Waals surface area (Å²) in [6, 6.07) is 0.221. The van der Waals surface area contributed by atoms with Gasteiger partial charge in [-0.2, -0.15) is 4.98 Å². The topological polar surface area (TPSA) is 54.6 Å². The number of methoxy groups -OCH3 is 1. The van der Waals surface area contributed by atoms with Crippen molar-refractivity contribution < 1.29 is 9.26 Å². The SMILES string of the molecule is COCCCN1CCCN([C@H](C)c2nc(C3CC3)no2)CC1. The highest BCUT2D eigenvalue weighted by Crippen LogP contribution is 2.38. The highest BCUT2D eigenvalue weighted by Gasteiger charge is 2.31. The van der Waals surface area contributed by atoms with Crippen LogP contribution in [0, 0.1) is 0 Å². The molecular formula is C16H28N4O2. The second-order valence-electron chi connectivity index (χ2n) is 6.52. The third kappa shape index (κ3) is 4.06. The summed E-state index contributed by atoms with van der Waals surface area (Å²) < 4.78 is 10.6. The second kappa shape index (κ2) is 7.53. The van der Waals surface area contributed by atoms with Gasteiger partial charge in [-0.05, 0) is 39.2 Å². The van der Waals surface area contributed by atoms with Gasteiger partial charge < -0.3 is 14.2 Å². The maximum absolute atomic E-state index is 5.50. The van der Waals surface area contributed by atoms with Gasteiger partial charge in [-0.25, -0.2) is 0 Å². The zero-order chi connectivity index (χ0) is 15.4. The van der Waals surface area contributed by atoms with Crippen molar-refractivity contribution in [2.75, 3.05) is 46.4 Å². The summed E-state index contributed by atoms with van der Waals surface area (Å²) in [7, 11) is 1.77. The van der Waals surface area contributed by atoms with E-state index in [0.717, 1.165) is 50.9 Å².